The molecule has 7 nitrogen and oxygen atoms in total. The van der Waals surface area contributed by atoms with Crippen molar-refractivity contribution in [2.24, 2.45) is 0 Å². The van der Waals surface area contributed by atoms with Crippen LogP contribution in [-0.4, -0.2) is 25.8 Å². The molecule has 0 spiro atoms. The molecule has 4 aromatic rings. The number of benzene rings is 2. The van der Waals surface area contributed by atoms with Crippen LogP contribution in [0.3, 0.4) is 0 Å². The van der Waals surface area contributed by atoms with E-state index in [-0.39, 0.29) is 17.4 Å². The summed E-state index contributed by atoms with van der Waals surface area (Å²) in [6.45, 7) is 1.47. The van der Waals surface area contributed by atoms with Crippen molar-refractivity contribution >= 4 is 17.5 Å². The molecule has 2 aromatic heterocycles. The average molecular weight is 480 g/mol. The molecule has 2 aromatic carbocycles. The highest BCUT2D eigenvalue weighted by Gasteiger charge is 2.41. The smallest absolute Gasteiger partial charge is 0.340 e. The Bertz CT molecular complexity index is 1280. The SMILES string of the molecule is CC(NC(=O)c1cnn(-c2ccc(Cl)cc2)c1C(F)(F)F)c1nc(-c2ccc(F)cc2)no1. The number of amides is 1. The quantitative estimate of drug-likeness (QED) is 0.396. The molecule has 12 heteroatoms. The molecule has 0 aliphatic carbocycles. The number of nitrogens with zero attached hydrogens (tertiary/aromatic N) is 4. The molecule has 1 amide bonds. The van der Waals surface area contributed by atoms with Gasteiger partial charge in [0.25, 0.3) is 5.91 Å². The summed E-state index contributed by atoms with van der Waals surface area (Å²) in [6, 6.07) is 9.92. The summed E-state index contributed by atoms with van der Waals surface area (Å²) in [5, 5.41) is 10.2. The summed E-state index contributed by atoms with van der Waals surface area (Å²) in [7, 11) is 0. The minimum Gasteiger partial charge on any atom is -0.340 e. The number of carbonyl (C=O) groups excluding carboxylic acids is 1. The molecule has 1 atom stereocenters. The lowest BCUT2D eigenvalue weighted by atomic mass is 10.2. The molecule has 0 fully saturated rings. The number of alkyl halides is 3. The average Bonchev–Trinajstić information content (AvgIpc) is 3.42. The molecule has 0 aliphatic heterocycles. The van der Waals surface area contributed by atoms with Crippen molar-refractivity contribution in [3.8, 4) is 17.1 Å². The van der Waals surface area contributed by atoms with E-state index in [0.717, 1.165) is 6.20 Å². The minimum atomic E-state index is -4.87. The van der Waals surface area contributed by atoms with E-state index in [1.54, 1.807) is 0 Å². The third-order valence-electron chi connectivity index (χ3n) is 4.62. The summed E-state index contributed by atoms with van der Waals surface area (Å²) < 4.78 is 60.2. The van der Waals surface area contributed by atoms with Gasteiger partial charge in [0.1, 0.15) is 11.9 Å². The second-order valence-corrected chi connectivity index (χ2v) is 7.39. The lowest BCUT2D eigenvalue weighted by molar-refractivity contribution is -0.143. The second kappa shape index (κ2) is 8.66. The topological polar surface area (TPSA) is 85.8 Å². The van der Waals surface area contributed by atoms with E-state index in [9.17, 15) is 22.4 Å². The van der Waals surface area contributed by atoms with Gasteiger partial charge < -0.3 is 9.84 Å². The van der Waals surface area contributed by atoms with Gasteiger partial charge in [0.05, 0.1) is 17.4 Å². The van der Waals surface area contributed by atoms with Crippen LogP contribution in [0.2, 0.25) is 5.02 Å². The van der Waals surface area contributed by atoms with Gasteiger partial charge in [0.15, 0.2) is 5.69 Å². The van der Waals surface area contributed by atoms with E-state index in [1.165, 1.54) is 55.5 Å². The van der Waals surface area contributed by atoms with E-state index in [2.05, 4.69) is 20.6 Å². The molecule has 0 aliphatic rings. The summed E-state index contributed by atoms with van der Waals surface area (Å²) in [5.41, 5.74) is -1.37. The van der Waals surface area contributed by atoms with E-state index >= 15 is 0 Å². The van der Waals surface area contributed by atoms with E-state index < -0.39 is 35.2 Å². The summed E-state index contributed by atoms with van der Waals surface area (Å²) in [4.78, 5) is 16.8. The van der Waals surface area contributed by atoms with Crippen molar-refractivity contribution in [3.05, 3.63) is 82.7 Å². The van der Waals surface area contributed by atoms with Crippen molar-refractivity contribution in [2.45, 2.75) is 19.1 Å². The standard InChI is InChI=1S/C21H14ClF4N5O2/c1-11(20-29-18(30-33-20)12-2-6-14(23)7-3-12)28-19(32)16-10-27-31(17(16)21(24,25)26)15-8-4-13(22)5-9-15/h2-11H,1H3,(H,28,32). The lowest BCUT2D eigenvalue weighted by Gasteiger charge is -2.14. The number of carbonyl (C=O) groups is 1. The summed E-state index contributed by atoms with van der Waals surface area (Å²) in [5.74, 6) is -1.38. The zero-order valence-corrected chi connectivity index (χ0v) is 17.5. The molecule has 0 radical (unpaired) electrons. The first-order valence-electron chi connectivity index (χ1n) is 9.45. The van der Waals surface area contributed by atoms with Gasteiger partial charge >= 0.3 is 6.18 Å². The first-order valence-corrected chi connectivity index (χ1v) is 9.83. The minimum absolute atomic E-state index is 0.0404. The molecule has 1 N–H and O–H groups in total. The molecule has 4 rings (SSSR count). The first-order chi connectivity index (χ1) is 15.6. The van der Waals surface area contributed by atoms with Crippen molar-refractivity contribution in [1.29, 1.82) is 0 Å². The normalized spacial score (nSPS) is 12.5. The molecule has 170 valence electrons. The van der Waals surface area contributed by atoms with Gasteiger partial charge in [-0.15, -0.1) is 0 Å². The molecular formula is C21H14ClF4N5O2. The molecule has 1 unspecified atom stereocenters. The van der Waals surface area contributed by atoms with Gasteiger partial charge in [-0.1, -0.05) is 16.8 Å². The fourth-order valence-electron chi connectivity index (χ4n) is 3.03. The van der Waals surface area contributed by atoms with Crippen LogP contribution in [0, 0.1) is 5.82 Å². The molecule has 0 saturated heterocycles. The molecule has 33 heavy (non-hydrogen) atoms. The van der Waals surface area contributed by atoms with Crippen LogP contribution in [0.15, 0.2) is 59.3 Å². The Kier molecular flexibility index (Phi) is 5.90. The Hall–Kier alpha value is -3.73. The maximum atomic E-state index is 13.8. The van der Waals surface area contributed by atoms with Crippen molar-refractivity contribution in [3.63, 3.8) is 0 Å². The predicted molar refractivity (Wildman–Crippen MR) is 109 cm³/mol. The van der Waals surface area contributed by atoms with Crippen molar-refractivity contribution in [2.75, 3.05) is 0 Å². The van der Waals surface area contributed by atoms with E-state index in [1.807, 2.05) is 0 Å². The largest absolute Gasteiger partial charge is 0.434 e. The van der Waals surface area contributed by atoms with E-state index in [0.29, 0.717) is 15.3 Å². The van der Waals surface area contributed by atoms with Crippen molar-refractivity contribution in [1.82, 2.24) is 25.2 Å². The van der Waals surface area contributed by atoms with Gasteiger partial charge in [0, 0.05) is 10.6 Å². The second-order valence-electron chi connectivity index (χ2n) is 6.95. The van der Waals surface area contributed by atoms with Gasteiger partial charge in [0.2, 0.25) is 11.7 Å². The Labute approximate surface area is 189 Å². The van der Waals surface area contributed by atoms with Crippen LogP contribution in [0.1, 0.15) is 34.9 Å². The fraction of sp³-hybridized carbons (Fsp3) is 0.143. The Morgan fingerprint density at radius 2 is 1.79 bits per heavy atom. The molecule has 0 bridgehead atoms. The number of aromatic nitrogens is 4. The maximum absolute atomic E-state index is 13.8. The van der Waals surface area contributed by atoms with E-state index in [4.69, 9.17) is 16.1 Å². The third-order valence-corrected chi connectivity index (χ3v) is 4.87. The van der Waals surface area contributed by atoms with Crippen LogP contribution in [0.4, 0.5) is 17.6 Å². The highest BCUT2D eigenvalue weighted by molar-refractivity contribution is 6.30. The monoisotopic (exact) mass is 479 g/mol. The zero-order valence-electron chi connectivity index (χ0n) is 16.8. The van der Waals surface area contributed by atoms with Gasteiger partial charge in [-0.3, -0.25) is 4.79 Å². The predicted octanol–water partition coefficient (Wildman–Crippen LogP) is 5.22. The van der Waals surface area contributed by atoms with Gasteiger partial charge in [-0.05, 0) is 55.5 Å². The lowest BCUT2D eigenvalue weighted by Crippen LogP contribution is -2.29. The number of nitrogens with one attached hydrogen (secondary N) is 1. The molecular weight excluding hydrogens is 466 g/mol. The number of rotatable bonds is 5. The fourth-order valence-corrected chi connectivity index (χ4v) is 3.15. The highest BCUT2D eigenvalue weighted by Crippen LogP contribution is 2.34. The first kappa shape index (κ1) is 22.5. The zero-order chi connectivity index (χ0) is 23.8. The van der Waals surface area contributed by atoms with Crippen LogP contribution < -0.4 is 5.32 Å². The summed E-state index contributed by atoms with van der Waals surface area (Å²) >= 11 is 5.80. The molecule has 0 saturated carbocycles. The highest BCUT2D eigenvalue weighted by atomic mass is 35.5. The van der Waals surface area contributed by atoms with Gasteiger partial charge in [-0.25, -0.2) is 9.07 Å². The Morgan fingerprint density at radius 1 is 1.12 bits per heavy atom. The number of hydrogen-bond acceptors (Lipinski definition) is 5. The van der Waals surface area contributed by atoms with Crippen molar-refractivity contribution < 1.29 is 26.9 Å². The number of halogens is 5. The molecule has 2 heterocycles. The Balaban J connectivity index is 1.58. The van der Waals surface area contributed by atoms with Crippen LogP contribution in [0.5, 0.6) is 0 Å². The Morgan fingerprint density at radius 3 is 2.42 bits per heavy atom. The maximum Gasteiger partial charge on any atom is 0.434 e. The summed E-state index contributed by atoms with van der Waals surface area (Å²) in [6.07, 6.45) is -4.04. The van der Waals surface area contributed by atoms with Gasteiger partial charge in [-0.2, -0.15) is 23.3 Å². The number of hydrogen-bond donors (Lipinski definition) is 1. The third kappa shape index (κ3) is 4.72. The van der Waals surface area contributed by atoms with Crippen LogP contribution >= 0.6 is 11.6 Å². The van der Waals surface area contributed by atoms with Crippen LogP contribution in [0.25, 0.3) is 17.1 Å². The van der Waals surface area contributed by atoms with Crippen LogP contribution in [-0.2, 0) is 6.18 Å².